The van der Waals surface area contributed by atoms with Gasteiger partial charge in [0.1, 0.15) is 10.7 Å². The Hall–Kier alpha value is -1.07. The van der Waals surface area contributed by atoms with E-state index < -0.39 is 10.7 Å². The lowest BCUT2D eigenvalue weighted by Crippen LogP contribution is -2.05. The molecule has 0 heterocycles. The average molecular weight is 248 g/mol. The normalized spacial score (nSPS) is 10.3. The summed E-state index contributed by atoms with van der Waals surface area (Å²) in [5.41, 5.74) is 1.08. The van der Waals surface area contributed by atoms with E-state index in [2.05, 4.69) is 5.32 Å². The zero-order valence-electron chi connectivity index (χ0n) is 7.99. The summed E-state index contributed by atoms with van der Waals surface area (Å²) >= 11 is 5.84. The lowest BCUT2D eigenvalue weighted by molar-refractivity contribution is -0.114. The van der Waals surface area contributed by atoms with Crippen LogP contribution in [0, 0.1) is 0 Å². The first-order valence-electron chi connectivity index (χ1n) is 4.17. The van der Waals surface area contributed by atoms with Crippen LogP contribution in [-0.2, 0) is 21.3 Å². The highest BCUT2D eigenvalue weighted by Gasteiger charge is 2.03. The first kappa shape index (κ1) is 12.0. The number of anilines is 1. The van der Waals surface area contributed by atoms with Gasteiger partial charge in [0.15, 0.2) is 0 Å². The van der Waals surface area contributed by atoms with Crippen LogP contribution in [0.15, 0.2) is 18.2 Å². The summed E-state index contributed by atoms with van der Waals surface area (Å²) in [6, 6.07) is 4.72. The van der Waals surface area contributed by atoms with Crippen molar-refractivity contribution in [2.75, 3.05) is 5.32 Å². The second-order valence-electron chi connectivity index (χ2n) is 2.98. The minimum Gasteiger partial charge on any atom is -0.326 e. The van der Waals surface area contributed by atoms with Gasteiger partial charge in [0.2, 0.25) is 5.91 Å². The molecule has 1 aromatic rings. The Morgan fingerprint density at radius 2 is 2.13 bits per heavy atom. The number of carbonyl (C=O) groups excluding carboxylic acids is 1. The van der Waals surface area contributed by atoms with Crippen LogP contribution in [0.5, 0.6) is 0 Å². The molecule has 0 saturated heterocycles. The topological polar surface area (TPSA) is 63.2 Å². The van der Waals surface area contributed by atoms with Crippen LogP contribution in [0.25, 0.3) is 0 Å². The highest BCUT2D eigenvalue weighted by atomic mass is 35.5. The van der Waals surface area contributed by atoms with Crippen molar-refractivity contribution in [2.45, 2.75) is 12.7 Å². The van der Waals surface area contributed by atoms with Crippen LogP contribution in [0.4, 0.5) is 5.69 Å². The maximum atomic E-state index is 10.7. The first-order valence-corrected chi connectivity index (χ1v) is 5.91. The molecular weight excluding hydrogens is 238 g/mol. The van der Waals surface area contributed by atoms with Crippen LogP contribution >= 0.6 is 11.6 Å². The van der Waals surface area contributed by atoms with E-state index in [1.54, 1.807) is 12.1 Å². The van der Waals surface area contributed by atoms with E-state index in [0.29, 0.717) is 16.3 Å². The van der Waals surface area contributed by atoms with E-state index in [0.717, 1.165) is 0 Å². The molecule has 0 aromatic heterocycles. The van der Waals surface area contributed by atoms with Gasteiger partial charge in [0.05, 0.1) is 5.75 Å². The Labute approximate surface area is 94.2 Å². The number of nitrogens with one attached hydrogen (secondary N) is 1. The second-order valence-corrected chi connectivity index (χ2v) is 4.37. The number of carbonyl (C=O) groups is 1. The van der Waals surface area contributed by atoms with Crippen molar-refractivity contribution in [2.24, 2.45) is 0 Å². The molecule has 1 rings (SSSR count). The lowest BCUT2D eigenvalue weighted by atomic mass is 10.2. The fraction of sp³-hybridized carbons (Fsp3) is 0.222. The number of benzene rings is 1. The fourth-order valence-electron chi connectivity index (χ4n) is 1.10. The Balaban J connectivity index is 2.92. The molecule has 1 amide bonds. The monoisotopic (exact) mass is 247 g/mol. The van der Waals surface area contributed by atoms with Gasteiger partial charge in [-0.05, 0) is 17.7 Å². The van der Waals surface area contributed by atoms with E-state index in [1.807, 2.05) is 0 Å². The molecule has 4 nitrogen and oxygen atoms in total. The van der Waals surface area contributed by atoms with E-state index >= 15 is 0 Å². The van der Waals surface area contributed by atoms with Crippen molar-refractivity contribution in [3.05, 3.63) is 28.8 Å². The molecule has 0 fully saturated rings. The van der Waals surface area contributed by atoms with E-state index in [1.165, 1.54) is 13.0 Å². The molecule has 0 aliphatic heterocycles. The maximum Gasteiger partial charge on any atom is 0.221 e. The Morgan fingerprint density at radius 3 is 2.60 bits per heavy atom. The molecule has 1 N–H and O–H groups in total. The highest BCUT2D eigenvalue weighted by molar-refractivity contribution is 7.71. The number of halogens is 1. The largest absolute Gasteiger partial charge is 0.326 e. The molecule has 0 radical (unpaired) electrons. The number of thiol groups is 1. The summed E-state index contributed by atoms with van der Waals surface area (Å²) in [6.45, 7) is 1.39. The van der Waals surface area contributed by atoms with Crippen LogP contribution in [0.3, 0.4) is 0 Å². The number of amides is 1. The molecular formula is C9H10ClNO3S. The van der Waals surface area contributed by atoms with Crippen molar-refractivity contribution >= 4 is 33.9 Å². The molecule has 0 bridgehead atoms. The van der Waals surface area contributed by atoms with Crippen molar-refractivity contribution in [1.29, 1.82) is 0 Å². The van der Waals surface area contributed by atoms with Crippen LogP contribution in [0.1, 0.15) is 12.5 Å². The lowest BCUT2D eigenvalue weighted by Gasteiger charge is -2.05. The standard InChI is InChI=1S/C9H10ClNO3S/c1-6(12)11-8-3-2-7(5-15(13)14)9(10)4-8/h2-4,15H,5H2,1H3,(H,11,12). The van der Waals surface area contributed by atoms with E-state index in [4.69, 9.17) is 11.6 Å². The number of hydrogen-bond donors (Lipinski definition) is 2. The summed E-state index contributed by atoms with van der Waals surface area (Å²) in [4.78, 5) is 10.7. The minimum absolute atomic E-state index is 0.0888. The Kier molecular flexibility index (Phi) is 4.11. The molecule has 0 atom stereocenters. The Morgan fingerprint density at radius 1 is 1.47 bits per heavy atom. The van der Waals surface area contributed by atoms with Gasteiger partial charge in [-0.15, -0.1) is 0 Å². The molecule has 6 heteroatoms. The van der Waals surface area contributed by atoms with Crippen molar-refractivity contribution in [3.63, 3.8) is 0 Å². The van der Waals surface area contributed by atoms with Crippen LogP contribution < -0.4 is 5.32 Å². The quantitative estimate of drug-likeness (QED) is 0.794. The van der Waals surface area contributed by atoms with Gasteiger partial charge in [-0.3, -0.25) is 4.79 Å². The number of rotatable bonds is 3. The molecule has 0 aliphatic carbocycles. The van der Waals surface area contributed by atoms with Crippen molar-refractivity contribution < 1.29 is 13.2 Å². The highest BCUT2D eigenvalue weighted by Crippen LogP contribution is 2.21. The summed E-state index contributed by atoms with van der Waals surface area (Å²) < 4.78 is 21.0. The van der Waals surface area contributed by atoms with Gasteiger partial charge in [0, 0.05) is 17.6 Å². The minimum atomic E-state index is -2.49. The summed E-state index contributed by atoms with van der Waals surface area (Å²) in [7, 11) is -2.49. The van der Waals surface area contributed by atoms with E-state index in [-0.39, 0.29) is 11.7 Å². The third kappa shape index (κ3) is 3.89. The number of hydrogen-bond acceptors (Lipinski definition) is 3. The van der Waals surface area contributed by atoms with Gasteiger partial charge in [0.25, 0.3) is 0 Å². The van der Waals surface area contributed by atoms with Crippen LogP contribution in [0.2, 0.25) is 5.02 Å². The molecule has 0 spiro atoms. The molecule has 1 aromatic carbocycles. The second kappa shape index (κ2) is 5.14. The molecule has 15 heavy (non-hydrogen) atoms. The van der Waals surface area contributed by atoms with Crippen molar-refractivity contribution in [3.8, 4) is 0 Å². The van der Waals surface area contributed by atoms with Gasteiger partial charge in [-0.1, -0.05) is 17.7 Å². The first-order chi connectivity index (χ1) is 6.99. The van der Waals surface area contributed by atoms with E-state index in [9.17, 15) is 13.2 Å². The third-order valence-corrected chi connectivity index (χ3v) is 2.62. The van der Waals surface area contributed by atoms with Crippen molar-refractivity contribution in [1.82, 2.24) is 0 Å². The average Bonchev–Trinajstić information content (AvgIpc) is 2.08. The SMILES string of the molecule is CC(=O)Nc1ccc(C[SH](=O)=O)c(Cl)c1. The Bertz CT molecular complexity index is 449. The van der Waals surface area contributed by atoms with Crippen LogP contribution in [-0.4, -0.2) is 14.3 Å². The summed E-state index contributed by atoms with van der Waals surface area (Å²) in [5, 5.41) is 2.89. The molecule has 0 aliphatic rings. The predicted octanol–water partition coefficient (Wildman–Crippen LogP) is 1.41. The smallest absolute Gasteiger partial charge is 0.221 e. The maximum absolute atomic E-state index is 10.7. The zero-order valence-corrected chi connectivity index (χ0v) is 9.64. The third-order valence-electron chi connectivity index (χ3n) is 1.67. The molecule has 0 saturated carbocycles. The van der Waals surface area contributed by atoms with Gasteiger partial charge in [-0.2, -0.15) is 0 Å². The molecule has 82 valence electrons. The zero-order chi connectivity index (χ0) is 11.4. The van der Waals surface area contributed by atoms with Gasteiger partial charge in [-0.25, -0.2) is 8.42 Å². The summed E-state index contributed by atoms with van der Waals surface area (Å²) in [5.74, 6) is -0.289. The van der Waals surface area contributed by atoms with Gasteiger partial charge < -0.3 is 5.32 Å². The fourth-order valence-corrected chi connectivity index (χ4v) is 1.99. The predicted molar refractivity (Wildman–Crippen MR) is 59.8 cm³/mol. The molecule has 0 unspecified atom stereocenters. The van der Waals surface area contributed by atoms with Gasteiger partial charge >= 0.3 is 0 Å². The summed E-state index contributed by atoms with van der Waals surface area (Å²) in [6.07, 6.45) is 0.